The molecule has 2 heteroatoms. The Morgan fingerprint density at radius 2 is 1.21 bits per heavy atom. The molecule has 0 aliphatic rings. The van der Waals surface area contributed by atoms with Crippen molar-refractivity contribution >= 4 is 33.5 Å². The minimum atomic E-state index is 1.03. The van der Waals surface area contributed by atoms with Crippen LogP contribution in [0.4, 0.5) is 22.7 Å². The molecule has 5 rings (SSSR count). The Morgan fingerprint density at radius 1 is 0.641 bits per heavy atom. The molecule has 0 aliphatic heterocycles. The second-order valence-corrected chi connectivity index (χ2v) is 9.74. The predicted octanol–water partition coefficient (Wildman–Crippen LogP) is 10.4. The number of para-hydroxylation sites is 1. The lowest BCUT2D eigenvalue weighted by atomic mass is 10.0. The van der Waals surface area contributed by atoms with Gasteiger partial charge in [-0.2, -0.15) is 0 Å². The Labute approximate surface area is 232 Å². The maximum absolute atomic E-state index is 4.04. The van der Waals surface area contributed by atoms with Gasteiger partial charge in [-0.05, 0) is 85.0 Å². The van der Waals surface area contributed by atoms with Gasteiger partial charge in [-0.1, -0.05) is 97.1 Å². The van der Waals surface area contributed by atoms with Gasteiger partial charge in [0, 0.05) is 35.2 Å². The minimum absolute atomic E-state index is 1.03. The zero-order valence-corrected chi connectivity index (χ0v) is 22.9. The van der Waals surface area contributed by atoms with E-state index in [0.29, 0.717) is 0 Å². The quantitative estimate of drug-likeness (QED) is 0.193. The van der Waals surface area contributed by atoms with E-state index in [4.69, 9.17) is 0 Å². The SMILES string of the molecule is C=C(C)/C=C(\C=C/C)N(C)c1ccc(-c2ccc(N(c3ccccc3)c3cccc4ccccc34)cc2)cc1. The van der Waals surface area contributed by atoms with Crippen molar-refractivity contribution in [3.63, 3.8) is 0 Å². The van der Waals surface area contributed by atoms with Crippen LogP contribution in [0, 0.1) is 0 Å². The normalized spacial score (nSPS) is 11.6. The highest BCUT2D eigenvalue weighted by atomic mass is 15.1. The highest BCUT2D eigenvalue weighted by molar-refractivity contribution is 5.98. The number of benzene rings is 5. The fourth-order valence-corrected chi connectivity index (χ4v) is 4.92. The number of allylic oxidation sites excluding steroid dienone is 4. The molecule has 0 atom stereocenters. The maximum Gasteiger partial charge on any atom is 0.0540 e. The average molecular weight is 507 g/mol. The van der Waals surface area contributed by atoms with Gasteiger partial charge in [-0.25, -0.2) is 0 Å². The van der Waals surface area contributed by atoms with Crippen LogP contribution in [0.2, 0.25) is 0 Å². The Hall–Kier alpha value is -4.82. The number of hydrogen-bond acceptors (Lipinski definition) is 2. The van der Waals surface area contributed by atoms with Gasteiger partial charge in [0.15, 0.2) is 0 Å². The summed E-state index contributed by atoms with van der Waals surface area (Å²) in [4.78, 5) is 4.52. The Morgan fingerprint density at radius 3 is 1.85 bits per heavy atom. The predicted molar refractivity (Wildman–Crippen MR) is 170 cm³/mol. The van der Waals surface area contributed by atoms with Crippen molar-refractivity contribution in [1.82, 2.24) is 0 Å². The highest BCUT2D eigenvalue weighted by Gasteiger charge is 2.15. The van der Waals surface area contributed by atoms with Crippen molar-refractivity contribution < 1.29 is 0 Å². The van der Waals surface area contributed by atoms with Gasteiger partial charge in [-0.15, -0.1) is 0 Å². The van der Waals surface area contributed by atoms with E-state index >= 15 is 0 Å². The molecule has 39 heavy (non-hydrogen) atoms. The summed E-state index contributed by atoms with van der Waals surface area (Å²) in [6.07, 6.45) is 6.26. The summed E-state index contributed by atoms with van der Waals surface area (Å²) in [5, 5.41) is 2.46. The highest BCUT2D eigenvalue weighted by Crippen LogP contribution is 2.39. The third-order valence-corrected chi connectivity index (χ3v) is 6.85. The van der Waals surface area contributed by atoms with Gasteiger partial charge in [0.05, 0.1) is 5.69 Å². The second kappa shape index (κ2) is 11.7. The van der Waals surface area contributed by atoms with Gasteiger partial charge >= 0.3 is 0 Å². The topological polar surface area (TPSA) is 6.48 Å². The van der Waals surface area contributed by atoms with Crippen LogP contribution in [0.15, 0.2) is 157 Å². The molecule has 5 aromatic rings. The molecule has 0 saturated heterocycles. The summed E-state index contributed by atoms with van der Waals surface area (Å²) < 4.78 is 0. The van der Waals surface area contributed by atoms with Crippen molar-refractivity contribution in [2.24, 2.45) is 0 Å². The summed E-state index contributed by atoms with van der Waals surface area (Å²) in [7, 11) is 2.09. The van der Waals surface area contributed by atoms with Gasteiger partial charge in [0.1, 0.15) is 0 Å². The third-order valence-electron chi connectivity index (χ3n) is 6.85. The third kappa shape index (κ3) is 5.71. The van der Waals surface area contributed by atoms with Crippen LogP contribution in [0.5, 0.6) is 0 Å². The standard InChI is InChI=1S/C37H34N2/c1-5-12-35(27-28(2)3)38(4)32-23-19-29(20-24-32)30-21-25-34(26-22-30)39(33-15-7-6-8-16-33)37-18-11-14-31-13-9-10-17-36(31)37/h5-27H,2H2,1,3-4H3/b12-5-,35-27+. The van der Waals surface area contributed by atoms with Crippen molar-refractivity contribution in [3.8, 4) is 11.1 Å². The number of hydrogen-bond donors (Lipinski definition) is 0. The first-order valence-electron chi connectivity index (χ1n) is 13.3. The molecule has 5 aromatic carbocycles. The molecule has 0 N–H and O–H groups in total. The van der Waals surface area contributed by atoms with Crippen LogP contribution in [-0.2, 0) is 0 Å². The Bertz CT molecular complexity index is 1620. The zero-order chi connectivity index (χ0) is 27.2. The van der Waals surface area contributed by atoms with Crippen molar-refractivity contribution in [1.29, 1.82) is 0 Å². The Balaban J connectivity index is 1.47. The van der Waals surface area contributed by atoms with Crippen LogP contribution in [-0.4, -0.2) is 7.05 Å². The summed E-state index contributed by atoms with van der Waals surface area (Å²) >= 11 is 0. The first kappa shape index (κ1) is 25.8. The number of anilines is 4. The lowest BCUT2D eigenvalue weighted by Gasteiger charge is -2.27. The van der Waals surface area contributed by atoms with E-state index in [1.165, 1.54) is 27.6 Å². The largest absolute Gasteiger partial charge is 0.345 e. The molecule has 0 fully saturated rings. The van der Waals surface area contributed by atoms with Crippen LogP contribution < -0.4 is 9.80 Å². The van der Waals surface area contributed by atoms with E-state index in [0.717, 1.165) is 28.3 Å². The van der Waals surface area contributed by atoms with Crippen molar-refractivity contribution in [3.05, 3.63) is 157 Å². The molecule has 0 unspecified atom stereocenters. The zero-order valence-electron chi connectivity index (χ0n) is 22.9. The van der Waals surface area contributed by atoms with E-state index in [2.05, 4.69) is 163 Å². The summed E-state index contributed by atoms with van der Waals surface area (Å²) in [5.41, 5.74) is 9.06. The molecule has 0 heterocycles. The molecule has 2 nitrogen and oxygen atoms in total. The first-order valence-corrected chi connectivity index (χ1v) is 13.3. The summed E-state index contributed by atoms with van der Waals surface area (Å²) in [6.45, 7) is 8.09. The van der Waals surface area contributed by atoms with Crippen LogP contribution in [0.3, 0.4) is 0 Å². The first-order chi connectivity index (χ1) is 19.0. The fraction of sp³-hybridized carbons (Fsp3) is 0.0811. The molecule has 0 aromatic heterocycles. The van der Waals surface area contributed by atoms with E-state index in [1.807, 2.05) is 13.8 Å². The van der Waals surface area contributed by atoms with Crippen molar-refractivity contribution in [2.75, 3.05) is 16.8 Å². The number of fused-ring (bicyclic) bond motifs is 1. The maximum atomic E-state index is 4.04. The van der Waals surface area contributed by atoms with Crippen molar-refractivity contribution in [2.45, 2.75) is 13.8 Å². The van der Waals surface area contributed by atoms with Crippen LogP contribution >= 0.6 is 0 Å². The molecule has 192 valence electrons. The lowest BCUT2D eigenvalue weighted by molar-refractivity contribution is 1.13. The molecular weight excluding hydrogens is 472 g/mol. The number of likely N-dealkylation sites (N-methyl/N-ethyl adjacent to an activating group) is 1. The molecule has 0 saturated carbocycles. The molecule has 0 spiro atoms. The molecule has 0 aliphatic carbocycles. The smallest absolute Gasteiger partial charge is 0.0540 e. The molecular formula is C37H34N2. The Kier molecular flexibility index (Phi) is 7.75. The molecule has 0 amide bonds. The minimum Gasteiger partial charge on any atom is -0.345 e. The molecule has 0 bridgehead atoms. The molecule has 0 radical (unpaired) electrons. The fourth-order valence-electron chi connectivity index (χ4n) is 4.92. The summed E-state index contributed by atoms with van der Waals surface area (Å²) in [6, 6.07) is 43.2. The van der Waals surface area contributed by atoms with Crippen LogP contribution in [0.1, 0.15) is 13.8 Å². The van der Waals surface area contributed by atoms with E-state index in [-0.39, 0.29) is 0 Å². The monoisotopic (exact) mass is 506 g/mol. The van der Waals surface area contributed by atoms with Crippen LogP contribution in [0.25, 0.3) is 21.9 Å². The van der Waals surface area contributed by atoms with Gasteiger partial charge in [0.2, 0.25) is 0 Å². The van der Waals surface area contributed by atoms with Gasteiger partial charge in [0.25, 0.3) is 0 Å². The van der Waals surface area contributed by atoms with Gasteiger partial charge < -0.3 is 9.80 Å². The second-order valence-electron chi connectivity index (χ2n) is 9.74. The lowest BCUT2D eigenvalue weighted by Crippen LogP contribution is -2.15. The summed E-state index contributed by atoms with van der Waals surface area (Å²) in [5.74, 6) is 0. The van der Waals surface area contributed by atoms with E-state index in [9.17, 15) is 0 Å². The number of nitrogens with zero attached hydrogens (tertiary/aromatic N) is 2. The van der Waals surface area contributed by atoms with E-state index < -0.39 is 0 Å². The number of rotatable bonds is 8. The average Bonchev–Trinajstić information content (AvgIpc) is 2.98. The van der Waals surface area contributed by atoms with E-state index in [1.54, 1.807) is 0 Å². The van der Waals surface area contributed by atoms with Gasteiger partial charge in [-0.3, -0.25) is 0 Å².